The van der Waals surface area contributed by atoms with Crippen molar-refractivity contribution in [1.82, 2.24) is 0 Å². The summed E-state index contributed by atoms with van der Waals surface area (Å²) >= 11 is 2.76. The van der Waals surface area contributed by atoms with E-state index < -0.39 is 0 Å². The van der Waals surface area contributed by atoms with Crippen LogP contribution in [0, 0.1) is 6.92 Å². The monoisotopic (exact) mass is 188 g/mol. The fourth-order valence-electron chi connectivity index (χ4n) is 0.540. The molecule has 0 N–H and O–H groups in total. The summed E-state index contributed by atoms with van der Waals surface area (Å²) in [7, 11) is 0. The van der Waals surface area contributed by atoms with Gasteiger partial charge in [0.25, 0.3) is 4.69 Å². The molecule has 3 heteroatoms. The van der Waals surface area contributed by atoms with Crippen LogP contribution in [0.15, 0.2) is 16.5 Å². The molecule has 0 amide bonds. The summed E-state index contributed by atoms with van der Waals surface area (Å²) in [5, 5.41) is 0. The average Bonchev–Trinajstić information content (AvgIpc) is 2.14. The number of furan rings is 1. The normalized spacial score (nSPS) is 9.56. The van der Waals surface area contributed by atoms with Crippen molar-refractivity contribution in [3.63, 3.8) is 0 Å². The molecule has 0 aliphatic rings. The third-order valence-corrected chi connectivity index (χ3v) is 1.32. The predicted octanol–water partition coefficient (Wildman–Crippen LogP) is 2.12. The molecule has 0 fully saturated rings. The minimum atomic E-state index is -0.212. The lowest BCUT2D eigenvalue weighted by Crippen LogP contribution is -1.80. The number of halogens is 1. The van der Waals surface area contributed by atoms with E-state index >= 15 is 0 Å². The van der Waals surface area contributed by atoms with Gasteiger partial charge in [0.05, 0.1) is 0 Å². The zero-order valence-corrected chi connectivity index (χ0v) is 6.44. The Kier molecular flexibility index (Phi) is 1.71. The fourth-order valence-corrected chi connectivity index (χ4v) is 0.753. The largest absolute Gasteiger partial charge is 0.457 e. The summed E-state index contributed by atoms with van der Waals surface area (Å²) in [4.78, 5) is 10.5. The zero-order chi connectivity index (χ0) is 6.85. The van der Waals surface area contributed by atoms with Crippen LogP contribution < -0.4 is 0 Å². The molecule has 0 aliphatic carbocycles. The first kappa shape index (κ1) is 6.55. The third kappa shape index (κ3) is 1.42. The van der Waals surface area contributed by atoms with Gasteiger partial charge in [-0.2, -0.15) is 0 Å². The van der Waals surface area contributed by atoms with Crippen molar-refractivity contribution in [3.05, 3.63) is 23.7 Å². The van der Waals surface area contributed by atoms with Crippen LogP contribution in [-0.4, -0.2) is 4.69 Å². The molecule has 0 aliphatic heterocycles. The summed E-state index contributed by atoms with van der Waals surface area (Å²) in [6.45, 7) is 1.79. The van der Waals surface area contributed by atoms with Gasteiger partial charge in [0, 0.05) is 15.9 Å². The molecule has 1 rings (SSSR count). The van der Waals surface area contributed by atoms with E-state index in [2.05, 4.69) is 15.9 Å². The molecule has 2 nitrogen and oxygen atoms in total. The molecule has 9 heavy (non-hydrogen) atoms. The smallest absolute Gasteiger partial charge is 0.263 e. The second kappa shape index (κ2) is 2.35. The van der Waals surface area contributed by atoms with Crippen LogP contribution in [-0.2, 0) is 0 Å². The highest BCUT2D eigenvalue weighted by molar-refractivity contribution is 9.18. The van der Waals surface area contributed by atoms with Crippen molar-refractivity contribution in [2.24, 2.45) is 0 Å². The molecule has 0 radical (unpaired) electrons. The van der Waals surface area contributed by atoms with Gasteiger partial charge in [-0.15, -0.1) is 0 Å². The number of carbonyl (C=O) groups excluding carboxylic acids is 1. The van der Waals surface area contributed by atoms with E-state index in [0.29, 0.717) is 5.76 Å². The van der Waals surface area contributed by atoms with Crippen molar-refractivity contribution in [3.8, 4) is 0 Å². The first-order valence-corrected chi connectivity index (χ1v) is 3.26. The molecule has 0 aromatic carbocycles. The lowest BCUT2D eigenvalue weighted by molar-refractivity contribution is 0.107. The highest BCUT2D eigenvalue weighted by atomic mass is 79.9. The maximum absolute atomic E-state index is 10.5. The van der Waals surface area contributed by atoms with Crippen LogP contribution in [0.2, 0.25) is 0 Å². The van der Waals surface area contributed by atoms with Crippen molar-refractivity contribution < 1.29 is 9.21 Å². The molecule has 0 atom stereocenters. The molecule has 1 heterocycles. The quantitative estimate of drug-likeness (QED) is 0.633. The molecule has 1 aromatic heterocycles. The van der Waals surface area contributed by atoms with Gasteiger partial charge >= 0.3 is 0 Å². The molecule has 0 spiro atoms. The van der Waals surface area contributed by atoms with Gasteiger partial charge < -0.3 is 4.42 Å². The summed E-state index contributed by atoms with van der Waals surface area (Å²) in [6, 6.07) is 3.38. The fraction of sp³-hybridized carbons (Fsp3) is 0.167. The Morgan fingerprint density at radius 3 is 2.56 bits per heavy atom. The molecule has 0 bridgehead atoms. The average molecular weight is 189 g/mol. The summed E-state index contributed by atoms with van der Waals surface area (Å²) in [5.41, 5.74) is 0. The van der Waals surface area contributed by atoms with Gasteiger partial charge in [-0.1, -0.05) is 0 Å². The Bertz CT molecular complexity index is 227. The minimum Gasteiger partial charge on any atom is -0.457 e. The second-order valence-corrected chi connectivity index (χ2v) is 2.40. The van der Waals surface area contributed by atoms with Gasteiger partial charge in [-0.25, -0.2) is 0 Å². The lowest BCUT2D eigenvalue weighted by Gasteiger charge is -1.81. The number of rotatable bonds is 1. The van der Waals surface area contributed by atoms with Gasteiger partial charge in [-0.05, 0) is 19.1 Å². The van der Waals surface area contributed by atoms with E-state index in [-0.39, 0.29) is 4.69 Å². The standard InChI is InChI=1S/C6H5BrO2/c1-4-2-3-5(9-4)6(7)8/h2-3H,1H3. The zero-order valence-electron chi connectivity index (χ0n) is 4.85. The first-order valence-electron chi connectivity index (χ1n) is 2.46. The van der Waals surface area contributed by atoms with Gasteiger partial charge in [-0.3, -0.25) is 4.79 Å². The van der Waals surface area contributed by atoms with Gasteiger partial charge in [0.15, 0.2) is 5.76 Å². The predicted molar refractivity (Wildman–Crippen MR) is 36.7 cm³/mol. The van der Waals surface area contributed by atoms with Crippen LogP contribution >= 0.6 is 15.9 Å². The Hall–Kier alpha value is -0.570. The molecule has 1 aromatic rings. The molecular formula is C6H5BrO2. The highest BCUT2D eigenvalue weighted by Gasteiger charge is 2.03. The second-order valence-electron chi connectivity index (χ2n) is 1.68. The van der Waals surface area contributed by atoms with Crippen molar-refractivity contribution in [1.29, 1.82) is 0 Å². The van der Waals surface area contributed by atoms with Crippen LogP contribution in [0.5, 0.6) is 0 Å². The molecule has 0 saturated carbocycles. The van der Waals surface area contributed by atoms with Crippen LogP contribution in [0.1, 0.15) is 16.3 Å². The number of hydrogen-bond donors (Lipinski definition) is 0. The van der Waals surface area contributed by atoms with E-state index in [0.717, 1.165) is 5.76 Å². The Morgan fingerprint density at radius 2 is 2.33 bits per heavy atom. The van der Waals surface area contributed by atoms with E-state index in [1.54, 1.807) is 19.1 Å². The number of aryl methyl sites for hydroxylation is 1. The van der Waals surface area contributed by atoms with E-state index in [4.69, 9.17) is 4.42 Å². The van der Waals surface area contributed by atoms with Gasteiger partial charge in [0.2, 0.25) is 0 Å². The summed E-state index contributed by atoms with van der Waals surface area (Å²) < 4.78 is 4.74. The summed E-state index contributed by atoms with van der Waals surface area (Å²) in [6.07, 6.45) is 0. The third-order valence-electron chi connectivity index (χ3n) is 0.934. The summed E-state index contributed by atoms with van der Waals surface area (Å²) in [5.74, 6) is 1.10. The number of hydrogen-bond acceptors (Lipinski definition) is 2. The van der Waals surface area contributed by atoms with Gasteiger partial charge in [0.1, 0.15) is 5.76 Å². The van der Waals surface area contributed by atoms with Crippen LogP contribution in [0.25, 0.3) is 0 Å². The topological polar surface area (TPSA) is 30.2 Å². The van der Waals surface area contributed by atoms with Crippen molar-refractivity contribution in [2.75, 3.05) is 0 Å². The van der Waals surface area contributed by atoms with Crippen LogP contribution in [0.3, 0.4) is 0 Å². The first-order chi connectivity index (χ1) is 4.20. The Labute approximate surface area is 61.0 Å². The lowest BCUT2D eigenvalue weighted by atomic mass is 10.5. The maximum atomic E-state index is 10.5. The number of carbonyl (C=O) groups is 1. The molecule has 48 valence electrons. The Balaban J connectivity index is 2.98. The van der Waals surface area contributed by atoms with E-state index in [1.807, 2.05) is 0 Å². The minimum absolute atomic E-state index is 0.212. The SMILES string of the molecule is Cc1ccc(C(=O)Br)o1. The molecule has 0 saturated heterocycles. The van der Waals surface area contributed by atoms with E-state index in [1.165, 1.54) is 0 Å². The van der Waals surface area contributed by atoms with Crippen molar-refractivity contribution >= 4 is 20.6 Å². The molecular weight excluding hydrogens is 184 g/mol. The highest BCUT2D eigenvalue weighted by Crippen LogP contribution is 2.09. The maximum Gasteiger partial charge on any atom is 0.263 e. The van der Waals surface area contributed by atoms with Crippen molar-refractivity contribution in [2.45, 2.75) is 6.92 Å². The molecule has 0 unspecified atom stereocenters. The Morgan fingerprint density at radius 1 is 1.67 bits per heavy atom. The van der Waals surface area contributed by atoms with E-state index in [9.17, 15) is 4.79 Å². The van der Waals surface area contributed by atoms with Crippen LogP contribution in [0.4, 0.5) is 0 Å².